The Kier molecular flexibility index (Phi) is 4.42. The lowest BCUT2D eigenvalue weighted by Crippen LogP contribution is -2.31. The lowest BCUT2D eigenvalue weighted by atomic mass is 10.0. The quantitative estimate of drug-likeness (QED) is 0.457. The maximum Gasteiger partial charge on any atom is 0.255 e. The third-order valence-corrected chi connectivity index (χ3v) is 5.46. The van der Waals surface area contributed by atoms with E-state index in [1.165, 1.54) is 0 Å². The molecule has 0 saturated carbocycles. The van der Waals surface area contributed by atoms with E-state index < -0.39 is 0 Å². The average Bonchev–Trinajstić information content (AvgIpc) is 3.27. The van der Waals surface area contributed by atoms with Gasteiger partial charge in [-0.2, -0.15) is 11.3 Å². The Hall–Kier alpha value is -3.70. The van der Waals surface area contributed by atoms with Gasteiger partial charge in [0.15, 0.2) is 5.84 Å². The van der Waals surface area contributed by atoms with Crippen LogP contribution < -0.4 is 10.6 Å². The summed E-state index contributed by atoms with van der Waals surface area (Å²) in [5.74, 6) is 0.445. The minimum absolute atomic E-state index is 0.173. The van der Waals surface area contributed by atoms with Crippen LogP contribution in [0.3, 0.4) is 0 Å². The summed E-state index contributed by atoms with van der Waals surface area (Å²) in [4.78, 5) is 17.6. The van der Waals surface area contributed by atoms with E-state index in [1.54, 1.807) is 23.5 Å². The number of carbonyl (C=O) groups is 1. The molecule has 1 aromatic heterocycles. The lowest BCUT2D eigenvalue weighted by molar-refractivity contribution is 0.0968. The second kappa shape index (κ2) is 7.37. The summed E-state index contributed by atoms with van der Waals surface area (Å²) in [6, 6.07) is 23.4. The Bertz CT molecular complexity index is 1250. The largest absolute Gasteiger partial charge is 0.338 e. The molecule has 0 unspecified atom stereocenters. The first-order valence-electron chi connectivity index (χ1n) is 9.26. The summed E-state index contributed by atoms with van der Waals surface area (Å²) in [5, 5.41) is 12.7. The van der Waals surface area contributed by atoms with E-state index in [4.69, 9.17) is 4.99 Å². The predicted octanol–water partition coefficient (Wildman–Crippen LogP) is 5.83. The zero-order chi connectivity index (χ0) is 19.6. The molecule has 0 saturated heterocycles. The number of amides is 1. The second-order valence-electron chi connectivity index (χ2n) is 6.70. The fraction of sp³-hybridized carbons (Fsp3) is 0. The van der Waals surface area contributed by atoms with Crippen molar-refractivity contribution < 1.29 is 4.79 Å². The van der Waals surface area contributed by atoms with Crippen molar-refractivity contribution in [3.05, 3.63) is 100 Å². The van der Waals surface area contributed by atoms with Crippen molar-refractivity contribution in [3.63, 3.8) is 0 Å². The van der Waals surface area contributed by atoms with Gasteiger partial charge in [0.1, 0.15) is 0 Å². The number of rotatable bonds is 4. The molecule has 0 spiro atoms. The summed E-state index contributed by atoms with van der Waals surface area (Å²) in [6.45, 7) is 0. The molecule has 1 aliphatic heterocycles. The molecule has 5 rings (SSSR count). The standard InChI is InChI=1S/C24H17N3OS/c28-24(18-6-2-1-3-7-18)27-21(14-16-12-13-29-15-16)23-25-19-10-4-8-17-9-5-11-20(26-23)22(17)19/h1-15H,(H,25,26)(H,27,28)/b21-14+. The summed E-state index contributed by atoms with van der Waals surface area (Å²) in [5.41, 5.74) is 4.11. The van der Waals surface area contributed by atoms with Crippen molar-refractivity contribution in [1.29, 1.82) is 0 Å². The number of hydrogen-bond donors (Lipinski definition) is 2. The molecule has 0 fully saturated rings. The molecule has 5 heteroatoms. The molecule has 29 heavy (non-hydrogen) atoms. The van der Waals surface area contributed by atoms with Crippen LogP contribution in [0.15, 0.2) is 94.2 Å². The van der Waals surface area contributed by atoms with Gasteiger partial charge < -0.3 is 10.6 Å². The normalized spacial score (nSPS) is 13.0. The number of carbonyl (C=O) groups excluding carboxylic acids is 1. The highest BCUT2D eigenvalue weighted by Crippen LogP contribution is 2.36. The molecule has 140 valence electrons. The fourth-order valence-corrected chi connectivity index (χ4v) is 4.01. The number of amidine groups is 1. The van der Waals surface area contributed by atoms with Gasteiger partial charge in [0.05, 0.1) is 11.4 Å². The molecule has 4 nitrogen and oxygen atoms in total. The van der Waals surface area contributed by atoms with Gasteiger partial charge in [-0.3, -0.25) is 4.79 Å². The van der Waals surface area contributed by atoms with Gasteiger partial charge >= 0.3 is 0 Å². The van der Waals surface area contributed by atoms with Crippen LogP contribution in [0, 0.1) is 0 Å². The molecule has 3 aromatic carbocycles. The molecule has 2 heterocycles. The van der Waals surface area contributed by atoms with Crippen LogP contribution in [-0.4, -0.2) is 11.7 Å². The maximum absolute atomic E-state index is 12.8. The number of nitrogens with one attached hydrogen (secondary N) is 2. The number of anilines is 1. The van der Waals surface area contributed by atoms with E-state index >= 15 is 0 Å². The van der Waals surface area contributed by atoms with Gasteiger partial charge in [-0.05, 0) is 58.1 Å². The van der Waals surface area contributed by atoms with E-state index in [9.17, 15) is 4.79 Å². The maximum atomic E-state index is 12.8. The number of thiophene rings is 1. The molecule has 0 bridgehead atoms. The lowest BCUT2D eigenvalue weighted by Gasteiger charge is -2.21. The predicted molar refractivity (Wildman–Crippen MR) is 121 cm³/mol. The molecular formula is C24H17N3OS. The van der Waals surface area contributed by atoms with Crippen LogP contribution >= 0.6 is 11.3 Å². The third-order valence-electron chi connectivity index (χ3n) is 4.76. The first-order valence-corrected chi connectivity index (χ1v) is 10.2. The number of hydrogen-bond acceptors (Lipinski definition) is 4. The van der Waals surface area contributed by atoms with Crippen LogP contribution in [-0.2, 0) is 0 Å². The van der Waals surface area contributed by atoms with Crippen LogP contribution in [0.5, 0.6) is 0 Å². The molecule has 0 radical (unpaired) electrons. The van der Waals surface area contributed by atoms with Crippen molar-refractivity contribution in [2.24, 2.45) is 4.99 Å². The smallest absolute Gasteiger partial charge is 0.255 e. The van der Waals surface area contributed by atoms with Crippen LogP contribution in [0.4, 0.5) is 11.4 Å². The molecule has 0 atom stereocenters. The molecular weight excluding hydrogens is 378 g/mol. The summed E-state index contributed by atoms with van der Waals surface area (Å²) in [6.07, 6.45) is 1.94. The fourth-order valence-electron chi connectivity index (χ4n) is 3.39. The zero-order valence-electron chi connectivity index (χ0n) is 15.4. The highest BCUT2D eigenvalue weighted by atomic mass is 32.1. The minimum Gasteiger partial charge on any atom is -0.338 e. The van der Waals surface area contributed by atoms with Gasteiger partial charge in [0.25, 0.3) is 5.91 Å². The first-order chi connectivity index (χ1) is 14.3. The molecule has 2 N–H and O–H groups in total. The zero-order valence-corrected chi connectivity index (χ0v) is 16.2. The number of aliphatic imine (C=N–C) groups is 1. The van der Waals surface area contributed by atoms with E-state index in [0.29, 0.717) is 17.1 Å². The number of nitrogens with zero attached hydrogens (tertiary/aromatic N) is 1. The molecule has 1 amide bonds. The van der Waals surface area contributed by atoms with Crippen molar-refractivity contribution in [2.45, 2.75) is 0 Å². The first kappa shape index (κ1) is 17.4. The van der Waals surface area contributed by atoms with Crippen LogP contribution in [0.1, 0.15) is 15.9 Å². The Morgan fingerprint density at radius 3 is 2.59 bits per heavy atom. The van der Waals surface area contributed by atoms with Crippen molar-refractivity contribution in [3.8, 4) is 0 Å². The highest BCUT2D eigenvalue weighted by molar-refractivity contribution is 7.08. The SMILES string of the molecule is O=C(N/C(=C/c1ccsc1)C1=Nc2cccc3cccc(c23)N1)c1ccccc1. The van der Waals surface area contributed by atoms with E-state index in [1.807, 2.05) is 65.4 Å². The molecule has 1 aliphatic rings. The van der Waals surface area contributed by atoms with E-state index in [2.05, 4.69) is 22.8 Å². The van der Waals surface area contributed by atoms with E-state index in [0.717, 1.165) is 27.7 Å². The molecule has 4 aromatic rings. The number of benzene rings is 3. The second-order valence-corrected chi connectivity index (χ2v) is 7.48. The Morgan fingerprint density at radius 1 is 0.966 bits per heavy atom. The highest BCUT2D eigenvalue weighted by Gasteiger charge is 2.19. The van der Waals surface area contributed by atoms with Gasteiger partial charge in [0, 0.05) is 16.6 Å². The van der Waals surface area contributed by atoms with Crippen molar-refractivity contribution >= 4 is 51.3 Å². The Morgan fingerprint density at radius 2 is 1.79 bits per heavy atom. The van der Waals surface area contributed by atoms with Crippen molar-refractivity contribution in [2.75, 3.05) is 5.32 Å². The Balaban J connectivity index is 1.58. The average molecular weight is 395 g/mol. The summed E-state index contributed by atoms with van der Waals surface area (Å²) in [7, 11) is 0. The van der Waals surface area contributed by atoms with Crippen LogP contribution in [0.25, 0.3) is 16.8 Å². The summed E-state index contributed by atoms with van der Waals surface area (Å²) >= 11 is 1.61. The topological polar surface area (TPSA) is 53.5 Å². The van der Waals surface area contributed by atoms with Crippen LogP contribution in [0.2, 0.25) is 0 Å². The minimum atomic E-state index is -0.173. The van der Waals surface area contributed by atoms with Gasteiger partial charge in [-0.15, -0.1) is 0 Å². The van der Waals surface area contributed by atoms with Crippen molar-refractivity contribution in [1.82, 2.24) is 5.32 Å². The monoisotopic (exact) mass is 395 g/mol. The van der Waals surface area contributed by atoms with E-state index in [-0.39, 0.29) is 5.91 Å². The Labute approximate surface area is 172 Å². The van der Waals surface area contributed by atoms with Gasteiger partial charge in [-0.1, -0.05) is 42.5 Å². The summed E-state index contributed by atoms with van der Waals surface area (Å²) < 4.78 is 0. The molecule has 0 aliphatic carbocycles. The third kappa shape index (κ3) is 3.44. The van der Waals surface area contributed by atoms with Gasteiger partial charge in [0.2, 0.25) is 0 Å². The van der Waals surface area contributed by atoms with Gasteiger partial charge in [-0.25, -0.2) is 4.99 Å².